The van der Waals surface area contributed by atoms with Gasteiger partial charge in [0, 0.05) is 11.9 Å². The molecule has 2 N–H and O–H groups in total. The summed E-state index contributed by atoms with van der Waals surface area (Å²) >= 11 is 7.16. The molecule has 1 amide bonds. The molecule has 2 heterocycles. The predicted molar refractivity (Wildman–Crippen MR) is 94.0 cm³/mol. The summed E-state index contributed by atoms with van der Waals surface area (Å²) in [5.74, 6) is 0.0764. The number of nitrogens with one attached hydrogen (secondary N) is 2. The number of carbonyl (C=O) groups is 1. The molecule has 0 aliphatic rings. The van der Waals surface area contributed by atoms with Gasteiger partial charge in [0.2, 0.25) is 5.91 Å². The molecule has 8 heteroatoms. The lowest BCUT2D eigenvalue weighted by Crippen LogP contribution is -2.14. The molecule has 0 aliphatic carbocycles. The lowest BCUT2D eigenvalue weighted by molar-refractivity contribution is -0.113. The van der Waals surface area contributed by atoms with E-state index in [1.807, 2.05) is 12.1 Å². The Kier molecular flexibility index (Phi) is 4.99. The minimum atomic E-state index is -0.139. The Hall–Kier alpha value is -2.56. The highest BCUT2D eigenvalue weighted by Gasteiger charge is 2.08. The number of amides is 1. The lowest BCUT2D eigenvalue weighted by atomic mass is 10.1. The summed E-state index contributed by atoms with van der Waals surface area (Å²) in [5, 5.41) is 12.6. The van der Waals surface area contributed by atoms with Crippen LogP contribution in [0.15, 0.2) is 41.7 Å². The Morgan fingerprint density at radius 3 is 2.92 bits per heavy atom. The van der Waals surface area contributed by atoms with Gasteiger partial charge in [-0.15, -0.1) is 0 Å². The van der Waals surface area contributed by atoms with Crippen LogP contribution in [-0.2, 0) is 11.2 Å². The molecule has 24 heavy (non-hydrogen) atoms. The van der Waals surface area contributed by atoms with Crippen molar-refractivity contribution >= 4 is 46.1 Å². The molecule has 0 radical (unpaired) electrons. The van der Waals surface area contributed by atoms with Crippen LogP contribution in [0.1, 0.15) is 5.56 Å². The second kappa shape index (κ2) is 7.34. The zero-order valence-electron chi connectivity index (χ0n) is 12.4. The second-order valence-corrected chi connectivity index (χ2v) is 6.34. The third kappa shape index (κ3) is 4.04. The van der Waals surface area contributed by atoms with Crippen molar-refractivity contribution in [3.05, 3.63) is 47.1 Å². The first-order valence-electron chi connectivity index (χ1n) is 7.04. The Balaban J connectivity index is 1.57. The van der Waals surface area contributed by atoms with Crippen LogP contribution in [0.25, 0.3) is 11.2 Å². The van der Waals surface area contributed by atoms with Crippen LogP contribution < -0.4 is 5.32 Å². The van der Waals surface area contributed by atoms with Gasteiger partial charge >= 0.3 is 0 Å². The van der Waals surface area contributed by atoms with Gasteiger partial charge in [-0.05, 0) is 23.8 Å². The Morgan fingerprint density at radius 1 is 1.38 bits per heavy atom. The summed E-state index contributed by atoms with van der Waals surface area (Å²) in [6.07, 6.45) is 1.88. The molecule has 1 aromatic carbocycles. The third-order valence-corrected chi connectivity index (χ3v) is 4.22. The Morgan fingerprint density at radius 2 is 2.17 bits per heavy atom. The number of aromatic amines is 1. The highest BCUT2D eigenvalue weighted by molar-refractivity contribution is 7.99. The Labute approximate surface area is 147 Å². The van der Waals surface area contributed by atoms with Crippen molar-refractivity contribution in [3.8, 4) is 6.07 Å². The fourth-order valence-corrected chi connectivity index (χ4v) is 2.88. The maximum Gasteiger partial charge on any atom is 0.234 e. The molecule has 3 aromatic rings. The molecule has 0 bridgehead atoms. The minimum Gasteiger partial charge on any atom is -0.331 e. The molecule has 6 nitrogen and oxygen atoms in total. The quantitative estimate of drug-likeness (QED) is 0.682. The number of hydrogen-bond acceptors (Lipinski definition) is 5. The van der Waals surface area contributed by atoms with Crippen LogP contribution in [0.4, 0.5) is 5.69 Å². The number of imidazole rings is 1. The summed E-state index contributed by atoms with van der Waals surface area (Å²) in [4.78, 5) is 23.5. The maximum absolute atomic E-state index is 12.0. The van der Waals surface area contributed by atoms with E-state index in [1.54, 1.807) is 18.2 Å². The lowest BCUT2D eigenvalue weighted by Gasteiger charge is -2.04. The van der Waals surface area contributed by atoms with E-state index in [4.69, 9.17) is 16.9 Å². The van der Waals surface area contributed by atoms with Crippen LogP contribution in [0.5, 0.6) is 0 Å². The number of nitriles is 1. The zero-order chi connectivity index (χ0) is 16.9. The third-order valence-electron chi connectivity index (χ3n) is 3.14. The highest BCUT2D eigenvalue weighted by Crippen LogP contribution is 2.20. The van der Waals surface area contributed by atoms with Gasteiger partial charge in [0.15, 0.2) is 10.8 Å². The second-order valence-electron chi connectivity index (χ2n) is 4.94. The first-order valence-corrected chi connectivity index (χ1v) is 8.40. The number of anilines is 1. The molecule has 0 fully saturated rings. The summed E-state index contributed by atoms with van der Waals surface area (Å²) in [7, 11) is 0. The van der Waals surface area contributed by atoms with E-state index in [1.165, 1.54) is 18.0 Å². The topological polar surface area (TPSA) is 94.5 Å². The average Bonchev–Trinajstić information content (AvgIpc) is 2.97. The Bertz CT molecular complexity index is 916. The number of pyridine rings is 1. The molecule has 120 valence electrons. The normalized spacial score (nSPS) is 10.5. The largest absolute Gasteiger partial charge is 0.331 e. The van der Waals surface area contributed by atoms with E-state index in [9.17, 15) is 4.79 Å². The zero-order valence-corrected chi connectivity index (χ0v) is 14.0. The average molecular weight is 358 g/mol. The van der Waals surface area contributed by atoms with Crippen molar-refractivity contribution in [2.45, 2.75) is 11.6 Å². The van der Waals surface area contributed by atoms with E-state index in [2.05, 4.69) is 26.3 Å². The van der Waals surface area contributed by atoms with Crippen LogP contribution in [-0.4, -0.2) is 26.6 Å². The molecule has 0 aliphatic heterocycles. The standard InChI is InChI=1S/C16H12ClN5OS/c17-11-7-13-15(19-8-11)22-16(21-13)24-9-14(23)20-12-3-1-10(2-4-12)5-6-18/h1-4,7-8H,5,9H2,(H,20,23)(H,19,21,22). The van der Waals surface area contributed by atoms with Crippen molar-refractivity contribution in [3.63, 3.8) is 0 Å². The number of aromatic nitrogens is 3. The molecule has 0 unspecified atom stereocenters. The van der Waals surface area contributed by atoms with Crippen molar-refractivity contribution in [2.75, 3.05) is 11.1 Å². The van der Waals surface area contributed by atoms with E-state index in [0.29, 0.717) is 27.9 Å². The number of rotatable bonds is 5. The molecule has 3 rings (SSSR count). The van der Waals surface area contributed by atoms with E-state index in [0.717, 1.165) is 11.1 Å². The molecule has 0 atom stereocenters. The fraction of sp³-hybridized carbons (Fsp3) is 0.125. The summed E-state index contributed by atoms with van der Waals surface area (Å²) in [6.45, 7) is 0. The van der Waals surface area contributed by atoms with Crippen molar-refractivity contribution in [2.24, 2.45) is 0 Å². The van der Waals surface area contributed by atoms with E-state index >= 15 is 0 Å². The maximum atomic E-state index is 12.0. The summed E-state index contributed by atoms with van der Waals surface area (Å²) in [5.41, 5.74) is 2.91. The van der Waals surface area contributed by atoms with Crippen molar-refractivity contribution in [1.29, 1.82) is 5.26 Å². The van der Waals surface area contributed by atoms with Gasteiger partial charge in [-0.3, -0.25) is 4.79 Å². The van der Waals surface area contributed by atoms with E-state index in [-0.39, 0.29) is 11.7 Å². The van der Waals surface area contributed by atoms with Crippen LogP contribution in [0.2, 0.25) is 5.02 Å². The number of thioether (sulfide) groups is 1. The van der Waals surface area contributed by atoms with Gasteiger partial charge in [-0.1, -0.05) is 35.5 Å². The van der Waals surface area contributed by atoms with Gasteiger partial charge in [0.1, 0.15) is 0 Å². The molecular formula is C16H12ClN5OS. The monoisotopic (exact) mass is 357 g/mol. The first kappa shape index (κ1) is 16.3. The minimum absolute atomic E-state index is 0.139. The predicted octanol–water partition coefficient (Wildman–Crippen LogP) is 3.41. The van der Waals surface area contributed by atoms with Gasteiger partial charge < -0.3 is 10.3 Å². The number of benzene rings is 1. The number of H-pyrrole nitrogens is 1. The fourth-order valence-electron chi connectivity index (χ4n) is 2.05. The first-order chi connectivity index (χ1) is 11.6. The van der Waals surface area contributed by atoms with Crippen LogP contribution >= 0.6 is 23.4 Å². The summed E-state index contributed by atoms with van der Waals surface area (Å²) in [6, 6.07) is 11.0. The van der Waals surface area contributed by atoms with Gasteiger partial charge in [0.05, 0.1) is 28.8 Å². The van der Waals surface area contributed by atoms with Crippen LogP contribution in [0, 0.1) is 11.3 Å². The summed E-state index contributed by atoms with van der Waals surface area (Å²) < 4.78 is 0. The molecule has 0 saturated carbocycles. The molecular weight excluding hydrogens is 346 g/mol. The highest BCUT2D eigenvalue weighted by atomic mass is 35.5. The van der Waals surface area contributed by atoms with Gasteiger partial charge in [-0.25, -0.2) is 9.97 Å². The smallest absolute Gasteiger partial charge is 0.234 e. The molecule has 0 saturated heterocycles. The van der Waals surface area contributed by atoms with Crippen molar-refractivity contribution in [1.82, 2.24) is 15.0 Å². The number of nitrogens with zero attached hydrogens (tertiary/aromatic N) is 3. The van der Waals surface area contributed by atoms with Crippen molar-refractivity contribution < 1.29 is 4.79 Å². The molecule has 2 aromatic heterocycles. The molecule has 0 spiro atoms. The number of halogens is 1. The van der Waals surface area contributed by atoms with Crippen LogP contribution in [0.3, 0.4) is 0 Å². The van der Waals surface area contributed by atoms with Gasteiger partial charge in [0.25, 0.3) is 0 Å². The SMILES string of the molecule is N#CCc1ccc(NC(=O)CSc2nc3ncc(Cl)cc3[nH]2)cc1. The van der Waals surface area contributed by atoms with Gasteiger partial charge in [-0.2, -0.15) is 5.26 Å². The number of hydrogen-bond donors (Lipinski definition) is 2. The number of fused-ring (bicyclic) bond motifs is 1. The number of carbonyl (C=O) groups excluding carboxylic acids is 1. The van der Waals surface area contributed by atoms with E-state index < -0.39 is 0 Å².